The SMILES string of the molecule is O=C(N[C@H](Cc1ccccc1)C(=O)N[C@@H]1N=C(c2ccccc2)c2ccccc2N(CC(F)(F)F)C1=O)OCc1ccccc1. The van der Waals surface area contributed by atoms with E-state index in [2.05, 4.69) is 15.6 Å². The highest BCUT2D eigenvalue weighted by molar-refractivity contribution is 6.20. The van der Waals surface area contributed by atoms with Gasteiger partial charge in [-0.15, -0.1) is 0 Å². The Morgan fingerprint density at radius 3 is 2.04 bits per heavy atom. The van der Waals surface area contributed by atoms with Crippen molar-refractivity contribution in [2.75, 3.05) is 11.4 Å². The quantitative estimate of drug-likeness (QED) is 0.263. The van der Waals surface area contributed by atoms with Gasteiger partial charge in [-0.2, -0.15) is 13.2 Å². The van der Waals surface area contributed by atoms with Gasteiger partial charge in [0.25, 0.3) is 5.91 Å². The Morgan fingerprint density at radius 2 is 1.40 bits per heavy atom. The normalized spacial score (nSPS) is 15.3. The summed E-state index contributed by atoms with van der Waals surface area (Å²) < 4.78 is 46.6. The molecule has 0 fully saturated rings. The maximum Gasteiger partial charge on any atom is 0.408 e. The third kappa shape index (κ3) is 8.14. The molecule has 3 amide bonds. The highest BCUT2D eigenvalue weighted by atomic mass is 19.4. The predicted octanol–water partition coefficient (Wildman–Crippen LogP) is 5.41. The number of hydrogen-bond donors (Lipinski definition) is 2. The molecule has 0 aliphatic carbocycles. The Balaban J connectivity index is 1.46. The molecule has 45 heavy (non-hydrogen) atoms. The van der Waals surface area contributed by atoms with Gasteiger partial charge in [-0.3, -0.25) is 14.5 Å². The van der Waals surface area contributed by atoms with Crippen molar-refractivity contribution in [1.82, 2.24) is 10.6 Å². The fourth-order valence-corrected chi connectivity index (χ4v) is 4.89. The maximum atomic E-state index is 13.8. The van der Waals surface area contributed by atoms with E-state index >= 15 is 0 Å². The van der Waals surface area contributed by atoms with Crippen LogP contribution in [-0.2, 0) is 27.4 Å². The third-order valence-corrected chi connectivity index (χ3v) is 6.98. The number of nitrogens with one attached hydrogen (secondary N) is 2. The van der Waals surface area contributed by atoms with E-state index in [4.69, 9.17) is 4.74 Å². The molecule has 230 valence electrons. The van der Waals surface area contributed by atoms with Gasteiger partial charge < -0.3 is 15.4 Å². The van der Waals surface area contributed by atoms with Gasteiger partial charge in [0.05, 0.1) is 11.4 Å². The van der Waals surface area contributed by atoms with E-state index in [1.54, 1.807) is 97.1 Å². The number of rotatable bonds is 9. The van der Waals surface area contributed by atoms with Crippen LogP contribution in [0.15, 0.2) is 120 Å². The van der Waals surface area contributed by atoms with Crippen LogP contribution in [-0.4, -0.2) is 48.5 Å². The fourth-order valence-electron chi connectivity index (χ4n) is 4.89. The van der Waals surface area contributed by atoms with Crippen molar-refractivity contribution < 1.29 is 32.3 Å². The zero-order valence-electron chi connectivity index (χ0n) is 23.9. The molecule has 1 aliphatic rings. The van der Waals surface area contributed by atoms with Crippen molar-refractivity contribution in [2.45, 2.75) is 31.4 Å². The van der Waals surface area contributed by atoms with E-state index in [0.717, 1.165) is 5.56 Å². The van der Waals surface area contributed by atoms with Crippen molar-refractivity contribution >= 4 is 29.3 Å². The number of amides is 3. The molecule has 4 aromatic carbocycles. The number of benzodiazepines with no additional fused rings is 1. The number of carbonyl (C=O) groups excluding carboxylic acids is 3. The molecular weight excluding hydrogens is 585 g/mol. The smallest absolute Gasteiger partial charge is 0.408 e. The van der Waals surface area contributed by atoms with Crippen LogP contribution in [0.4, 0.5) is 23.7 Å². The number of ether oxygens (including phenoxy) is 1. The summed E-state index contributed by atoms with van der Waals surface area (Å²) in [6, 6.07) is 31.3. The van der Waals surface area contributed by atoms with Crippen molar-refractivity contribution in [3.8, 4) is 0 Å². The van der Waals surface area contributed by atoms with Crippen LogP contribution in [0.3, 0.4) is 0 Å². The van der Waals surface area contributed by atoms with Crippen LogP contribution in [0.25, 0.3) is 0 Å². The number of hydrogen-bond acceptors (Lipinski definition) is 5. The molecule has 0 radical (unpaired) electrons. The summed E-state index contributed by atoms with van der Waals surface area (Å²) in [4.78, 5) is 45.4. The lowest BCUT2D eigenvalue weighted by molar-refractivity contribution is -0.135. The molecule has 1 heterocycles. The number of para-hydroxylation sites is 1. The zero-order valence-corrected chi connectivity index (χ0v) is 23.9. The number of alkyl halides is 3. The van der Waals surface area contributed by atoms with Gasteiger partial charge in [0.1, 0.15) is 19.2 Å². The van der Waals surface area contributed by atoms with Gasteiger partial charge in [-0.05, 0) is 17.2 Å². The second-order valence-electron chi connectivity index (χ2n) is 10.3. The number of halogens is 3. The van der Waals surface area contributed by atoms with E-state index in [0.29, 0.717) is 21.6 Å². The van der Waals surface area contributed by atoms with Gasteiger partial charge in [0.2, 0.25) is 12.1 Å². The molecule has 11 heteroatoms. The second-order valence-corrected chi connectivity index (χ2v) is 10.3. The van der Waals surface area contributed by atoms with E-state index in [-0.39, 0.29) is 24.4 Å². The van der Waals surface area contributed by atoms with Gasteiger partial charge in [0.15, 0.2) is 0 Å². The number of carbonyl (C=O) groups is 3. The van der Waals surface area contributed by atoms with Crippen molar-refractivity contribution in [3.05, 3.63) is 138 Å². The molecule has 0 unspecified atom stereocenters. The summed E-state index contributed by atoms with van der Waals surface area (Å²) in [6.45, 7) is -1.65. The molecule has 2 N–H and O–H groups in total. The zero-order chi connectivity index (χ0) is 31.8. The lowest BCUT2D eigenvalue weighted by atomic mass is 10.0. The average molecular weight is 615 g/mol. The third-order valence-electron chi connectivity index (χ3n) is 6.98. The molecule has 0 saturated carbocycles. The highest BCUT2D eigenvalue weighted by Gasteiger charge is 2.40. The molecular formula is C34H29F3N4O4. The Kier molecular flexibility index (Phi) is 9.57. The van der Waals surface area contributed by atoms with Crippen LogP contribution in [0.1, 0.15) is 22.3 Å². The Morgan fingerprint density at radius 1 is 0.822 bits per heavy atom. The average Bonchev–Trinajstić information content (AvgIpc) is 3.15. The van der Waals surface area contributed by atoms with Crippen LogP contribution in [0.2, 0.25) is 0 Å². The summed E-state index contributed by atoms with van der Waals surface area (Å²) >= 11 is 0. The number of nitrogens with zero attached hydrogens (tertiary/aromatic N) is 2. The van der Waals surface area contributed by atoms with E-state index in [9.17, 15) is 27.6 Å². The first-order valence-corrected chi connectivity index (χ1v) is 14.1. The number of aliphatic imine (C=N–C) groups is 1. The molecule has 1 aliphatic heterocycles. The van der Waals surface area contributed by atoms with E-state index in [1.807, 2.05) is 6.07 Å². The van der Waals surface area contributed by atoms with E-state index < -0.39 is 42.8 Å². The van der Waals surface area contributed by atoms with Crippen LogP contribution < -0.4 is 15.5 Å². The van der Waals surface area contributed by atoms with Gasteiger partial charge in [-0.1, -0.05) is 109 Å². The minimum atomic E-state index is -4.74. The van der Waals surface area contributed by atoms with Gasteiger partial charge in [-0.25, -0.2) is 9.79 Å². The molecule has 5 rings (SSSR count). The monoisotopic (exact) mass is 614 g/mol. The maximum absolute atomic E-state index is 13.8. The standard InChI is InChI=1S/C34H29F3N4O4/c35-34(36,37)22-41-28-19-11-10-18-26(28)29(25-16-8-3-9-17-25)39-30(32(41)43)40-31(42)27(20-23-12-4-1-5-13-23)38-33(44)45-21-24-14-6-2-7-15-24/h1-19,27,30H,20-22H2,(H,38,44)(H,40,42)/t27-,30+/m1/s1. The topological polar surface area (TPSA) is 100 Å². The summed E-state index contributed by atoms with van der Waals surface area (Å²) in [5.41, 5.74) is 2.48. The fraction of sp³-hybridized carbons (Fsp3) is 0.176. The largest absolute Gasteiger partial charge is 0.445 e. The summed E-state index contributed by atoms with van der Waals surface area (Å²) in [6.07, 6.45) is -7.35. The summed E-state index contributed by atoms with van der Waals surface area (Å²) in [7, 11) is 0. The highest BCUT2D eigenvalue weighted by Crippen LogP contribution is 2.31. The molecule has 0 aromatic heterocycles. The van der Waals surface area contributed by atoms with Crippen molar-refractivity contribution in [1.29, 1.82) is 0 Å². The molecule has 0 bridgehead atoms. The summed E-state index contributed by atoms with van der Waals surface area (Å²) in [5.74, 6) is -1.91. The number of benzene rings is 4. The first kappa shape index (κ1) is 31.0. The lowest BCUT2D eigenvalue weighted by Crippen LogP contribution is -2.55. The predicted molar refractivity (Wildman–Crippen MR) is 163 cm³/mol. The minimum Gasteiger partial charge on any atom is -0.445 e. The van der Waals surface area contributed by atoms with Crippen LogP contribution in [0.5, 0.6) is 0 Å². The van der Waals surface area contributed by atoms with Crippen molar-refractivity contribution in [3.63, 3.8) is 0 Å². The molecule has 4 aromatic rings. The number of alkyl carbamates (subject to hydrolysis) is 1. The van der Waals surface area contributed by atoms with Crippen molar-refractivity contribution in [2.24, 2.45) is 4.99 Å². The Bertz CT molecular complexity index is 1670. The first-order valence-electron chi connectivity index (χ1n) is 14.1. The Labute approximate surface area is 257 Å². The van der Waals surface area contributed by atoms with Gasteiger partial charge in [0, 0.05) is 17.5 Å². The molecule has 8 nitrogen and oxygen atoms in total. The Hall–Kier alpha value is -5.45. The van der Waals surface area contributed by atoms with Crippen LogP contribution >= 0.6 is 0 Å². The van der Waals surface area contributed by atoms with Gasteiger partial charge >= 0.3 is 12.3 Å². The van der Waals surface area contributed by atoms with E-state index in [1.165, 1.54) is 12.1 Å². The lowest BCUT2D eigenvalue weighted by Gasteiger charge is -2.27. The second kappa shape index (κ2) is 13.9. The molecule has 2 atom stereocenters. The van der Waals surface area contributed by atoms with Crippen LogP contribution in [0, 0.1) is 0 Å². The number of anilines is 1. The molecule has 0 saturated heterocycles. The number of fused-ring (bicyclic) bond motifs is 1. The first-order chi connectivity index (χ1) is 21.7. The summed E-state index contributed by atoms with van der Waals surface area (Å²) in [5, 5.41) is 5.04. The molecule has 0 spiro atoms. The minimum absolute atomic E-state index is 0.00243.